The molecule has 0 saturated heterocycles. The van der Waals surface area contributed by atoms with Crippen molar-refractivity contribution in [2.45, 2.75) is 25.8 Å². The summed E-state index contributed by atoms with van der Waals surface area (Å²) in [6.07, 6.45) is 2.50. The average molecular weight is 357 g/mol. The molecule has 1 heterocycles. The van der Waals surface area contributed by atoms with Crippen molar-refractivity contribution in [3.8, 4) is 0 Å². The molecule has 3 N–H and O–H groups in total. The molecule has 1 atom stereocenters. The van der Waals surface area contributed by atoms with Gasteiger partial charge in [-0.25, -0.2) is 0 Å². The fourth-order valence-corrected chi connectivity index (χ4v) is 2.31. The zero-order valence-electron chi connectivity index (χ0n) is 14.7. The van der Waals surface area contributed by atoms with Gasteiger partial charge < -0.3 is 20.4 Å². The first-order valence-electron chi connectivity index (χ1n) is 8.53. The van der Waals surface area contributed by atoms with Gasteiger partial charge in [0.2, 0.25) is 11.8 Å². The molecular formula is C19H23N3O4. The van der Waals surface area contributed by atoms with Gasteiger partial charge in [0.1, 0.15) is 6.04 Å². The molecule has 0 fully saturated rings. The summed E-state index contributed by atoms with van der Waals surface area (Å²) in [6.45, 7) is 2.36. The van der Waals surface area contributed by atoms with Crippen LogP contribution in [0.3, 0.4) is 0 Å². The second-order valence-electron chi connectivity index (χ2n) is 5.76. The second-order valence-corrected chi connectivity index (χ2v) is 5.76. The first-order valence-corrected chi connectivity index (χ1v) is 8.53. The molecule has 0 bridgehead atoms. The van der Waals surface area contributed by atoms with Gasteiger partial charge in [-0.15, -0.1) is 0 Å². The van der Waals surface area contributed by atoms with E-state index in [0.29, 0.717) is 13.0 Å². The Kier molecular flexibility index (Phi) is 7.42. The number of carbonyl (C=O) groups is 3. The molecule has 0 saturated carbocycles. The summed E-state index contributed by atoms with van der Waals surface area (Å²) in [5, 5.41) is 7.91. The molecule has 2 aromatic rings. The minimum absolute atomic E-state index is 0.122. The highest BCUT2D eigenvalue weighted by Gasteiger charge is 2.23. The van der Waals surface area contributed by atoms with Gasteiger partial charge in [-0.1, -0.05) is 37.3 Å². The lowest BCUT2D eigenvalue weighted by atomic mass is 10.1. The third-order valence-electron chi connectivity index (χ3n) is 3.64. The topological polar surface area (TPSA) is 100 Å². The van der Waals surface area contributed by atoms with Gasteiger partial charge in [0.05, 0.1) is 12.8 Å². The van der Waals surface area contributed by atoms with Gasteiger partial charge in [-0.3, -0.25) is 14.4 Å². The summed E-state index contributed by atoms with van der Waals surface area (Å²) in [5.41, 5.74) is 0.892. The molecule has 0 aliphatic heterocycles. The lowest BCUT2D eigenvalue weighted by molar-refractivity contribution is -0.127. The largest absolute Gasteiger partial charge is 0.459 e. The highest BCUT2D eigenvalue weighted by Crippen LogP contribution is 2.06. The van der Waals surface area contributed by atoms with Gasteiger partial charge in [-0.2, -0.15) is 0 Å². The first-order chi connectivity index (χ1) is 12.6. The SMILES string of the molecule is CCCNC(=O)CNC(=O)C(Cc1ccccc1)NC(=O)c1ccco1. The third-order valence-corrected chi connectivity index (χ3v) is 3.64. The van der Waals surface area contributed by atoms with Crippen LogP contribution in [0.15, 0.2) is 53.1 Å². The van der Waals surface area contributed by atoms with Crippen LogP contribution < -0.4 is 16.0 Å². The molecule has 0 spiro atoms. The quantitative estimate of drug-likeness (QED) is 0.629. The number of rotatable bonds is 9. The van der Waals surface area contributed by atoms with Gasteiger partial charge >= 0.3 is 0 Å². The molecular weight excluding hydrogens is 334 g/mol. The Bertz CT molecular complexity index is 714. The molecule has 1 aromatic heterocycles. The number of carbonyl (C=O) groups excluding carboxylic acids is 3. The monoisotopic (exact) mass is 357 g/mol. The molecule has 1 aromatic carbocycles. The van der Waals surface area contributed by atoms with Gasteiger partial charge in [0, 0.05) is 13.0 Å². The van der Waals surface area contributed by atoms with E-state index in [4.69, 9.17) is 4.42 Å². The lowest BCUT2D eigenvalue weighted by Gasteiger charge is -2.18. The molecule has 3 amide bonds. The Morgan fingerprint density at radius 1 is 1.04 bits per heavy atom. The van der Waals surface area contributed by atoms with Crippen molar-refractivity contribution in [2.75, 3.05) is 13.1 Å². The third kappa shape index (κ3) is 6.08. The van der Waals surface area contributed by atoms with Gasteiger partial charge in [0.15, 0.2) is 5.76 Å². The summed E-state index contributed by atoms with van der Waals surface area (Å²) in [4.78, 5) is 36.4. The van der Waals surface area contributed by atoms with E-state index < -0.39 is 17.9 Å². The zero-order chi connectivity index (χ0) is 18.8. The molecule has 138 valence electrons. The van der Waals surface area contributed by atoms with Crippen molar-refractivity contribution < 1.29 is 18.8 Å². The van der Waals surface area contributed by atoms with Crippen LogP contribution in [0, 0.1) is 0 Å². The molecule has 2 rings (SSSR count). The standard InChI is InChI=1S/C19H23N3O4/c1-2-10-20-17(23)13-21-18(24)15(12-14-7-4-3-5-8-14)22-19(25)16-9-6-11-26-16/h3-9,11,15H,2,10,12-13H2,1H3,(H,20,23)(H,21,24)(H,22,25). The summed E-state index contributed by atoms with van der Waals surface area (Å²) in [6, 6.07) is 11.6. The number of furan rings is 1. The molecule has 1 unspecified atom stereocenters. The molecule has 0 aliphatic rings. The Hall–Kier alpha value is -3.09. The number of benzene rings is 1. The van der Waals surface area contributed by atoms with Crippen molar-refractivity contribution in [2.24, 2.45) is 0 Å². The maximum Gasteiger partial charge on any atom is 0.287 e. The van der Waals surface area contributed by atoms with Crippen LogP contribution in [0.1, 0.15) is 29.5 Å². The molecule has 7 nitrogen and oxygen atoms in total. The predicted octanol–water partition coefficient (Wildman–Crippen LogP) is 1.26. The smallest absolute Gasteiger partial charge is 0.287 e. The molecule has 26 heavy (non-hydrogen) atoms. The van der Waals surface area contributed by atoms with E-state index in [2.05, 4.69) is 16.0 Å². The van der Waals surface area contributed by atoms with Gasteiger partial charge in [0.25, 0.3) is 5.91 Å². The minimum atomic E-state index is -0.825. The van der Waals surface area contributed by atoms with E-state index in [1.807, 2.05) is 37.3 Å². The van der Waals surface area contributed by atoms with Crippen LogP contribution >= 0.6 is 0 Å². The molecule has 0 radical (unpaired) electrons. The van der Waals surface area contributed by atoms with Crippen molar-refractivity contribution in [3.05, 3.63) is 60.1 Å². The van der Waals surface area contributed by atoms with Gasteiger partial charge in [-0.05, 0) is 24.1 Å². The second kappa shape index (κ2) is 10.0. The Balaban J connectivity index is 2.00. The van der Waals surface area contributed by atoms with Crippen LogP contribution in [0.5, 0.6) is 0 Å². The summed E-state index contributed by atoms with van der Waals surface area (Å²) in [7, 11) is 0. The lowest BCUT2D eigenvalue weighted by Crippen LogP contribution is -2.50. The summed E-state index contributed by atoms with van der Waals surface area (Å²) < 4.78 is 5.06. The van der Waals surface area contributed by atoms with Crippen molar-refractivity contribution in [1.29, 1.82) is 0 Å². The van der Waals surface area contributed by atoms with E-state index in [1.54, 1.807) is 6.07 Å². The molecule has 0 aliphatic carbocycles. The van der Waals surface area contributed by atoms with Crippen LogP contribution in [-0.4, -0.2) is 36.9 Å². The fourth-order valence-electron chi connectivity index (χ4n) is 2.31. The number of amides is 3. The van der Waals surface area contributed by atoms with E-state index in [0.717, 1.165) is 12.0 Å². The Morgan fingerprint density at radius 3 is 2.46 bits per heavy atom. The maximum absolute atomic E-state index is 12.5. The van der Waals surface area contributed by atoms with Crippen LogP contribution in [0.25, 0.3) is 0 Å². The summed E-state index contributed by atoms with van der Waals surface area (Å²) in [5.74, 6) is -1.06. The van der Waals surface area contributed by atoms with E-state index in [1.165, 1.54) is 12.3 Å². The molecule has 7 heteroatoms. The predicted molar refractivity (Wildman–Crippen MR) is 96.4 cm³/mol. The minimum Gasteiger partial charge on any atom is -0.459 e. The fraction of sp³-hybridized carbons (Fsp3) is 0.316. The van der Waals surface area contributed by atoms with Crippen LogP contribution in [0.4, 0.5) is 0 Å². The van der Waals surface area contributed by atoms with E-state index in [-0.39, 0.29) is 18.2 Å². The zero-order valence-corrected chi connectivity index (χ0v) is 14.7. The van der Waals surface area contributed by atoms with Crippen molar-refractivity contribution in [3.63, 3.8) is 0 Å². The Morgan fingerprint density at radius 2 is 1.81 bits per heavy atom. The normalized spacial score (nSPS) is 11.4. The van der Waals surface area contributed by atoms with Crippen LogP contribution in [-0.2, 0) is 16.0 Å². The van der Waals surface area contributed by atoms with E-state index >= 15 is 0 Å². The number of hydrogen-bond acceptors (Lipinski definition) is 4. The highest BCUT2D eigenvalue weighted by atomic mass is 16.3. The van der Waals surface area contributed by atoms with Crippen molar-refractivity contribution >= 4 is 17.7 Å². The number of hydrogen-bond donors (Lipinski definition) is 3. The Labute approximate surface area is 152 Å². The average Bonchev–Trinajstić information content (AvgIpc) is 3.19. The first kappa shape index (κ1) is 19.2. The van der Waals surface area contributed by atoms with Crippen molar-refractivity contribution in [1.82, 2.24) is 16.0 Å². The number of nitrogens with one attached hydrogen (secondary N) is 3. The van der Waals surface area contributed by atoms with Crippen LogP contribution in [0.2, 0.25) is 0 Å². The van der Waals surface area contributed by atoms with E-state index in [9.17, 15) is 14.4 Å². The highest BCUT2D eigenvalue weighted by molar-refractivity contribution is 5.96. The maximum atomic E-state index is 12.5. The summed E-state index contributed by atoms with van der Waals surface area (Å²) >= 11 is 0.